The summed E-state index contributed by atoms with van der Waals surface area (Å²) in [5.74, 6) is -2.58. The second-order valence-electron chi connectivity index (χ2n) is 11.6. The summed E-state index contributed by atoms with van der Waals surface area (Å²) < 4.78 is 0. The third-order valence-electron chi connectivity index (χ3n) is 8.41. The molecule has 2 aromatic heterocycles. The zero-order valence-electron chi connectivity index (χ0n) is 27.0. The highest BCUT2D eigenvalue weighted by atomic mass is 32.1. The molecule has 0 unspecified atom stereocenters. The van der Waals surface area contributed by atoms with Crippen molar-refractivity contribution in [2.45, 2.75) is 13.8 Å². The van der Waals surface area contributed by atoms with Crippen LogP contribution in [0.4, 0.5) is 9.59 Å². The molecule has 0 spiro atoms. The predicted octanol–water partition coefficient (Wildman–Crippen LogP) is 6.30. The average molecular weight is 679 g/mol. The molecule has 242 valence electrons. The highest BCUT2D eigenvalue weighted by molar-refractivity contribution is 7.24. The zero-order chi connectivity index (χ0) is 34.6. The molecule has 8 amide bonds. The first-order valence-corrected chi connectivity index (χ1v) is 16.5. The number of thiophene rings is 2. The number of carbonyl (C=O) groups is 6. The Morgan fingerprint density at radius 3 is 1.58 bits per heavy atom. The van der Waals surface area contributed by atoms with Crippen molar-refractivity contribution in [3.63, 3.8) is 0 Å². The lowest BCUT2D eigenvalue weighted by atomic mass is 9.95. The molecular weight excluding hydrogens is 649 g/mol. The zero-order valence-corrected chi connectivity index (χ0v) is 28.6. The second-order valence-corrected chi connectivity index (χ2v) is 13.7. The van der Waals surface area contributed by atoms with E-state index in [9.17, 15) is 28.8 Å². The van der Waals surface area contributed by atoms with Crippen LogP contribution in [0.25, 0.3) is 43.5 Å². The Hall–Kier alpha value is -5.46. The van der Waals surface area contributed by atoms with E-state index in [1.165, 1.54) is 51.7 Å². The first kappa shape index (κ1) is 32.5. The van der Waals surface area contributed by atoms with Crippen molar-refractivity contribution >= 4 is 70.5 Å². The maximum atomic E-state index is 12.8. The van der Waals surface area contributed by atoms with Crippen LogP contribution in [-0.4, -0.2) is 83.5 Å². The van der Waals surface area contributed by atoms with Gasteiger partial charge in [0.25, 0.3) is 23.6 Å². The maximum absolute atomic E-state index is 12.8. The monoisotopic (exact) mass is 678 g/mol. The van der Waals surface area contributed by atoms with Crippen LogP contribution in [0.5, 0.6) is 0 Å². The van der Waals surface area contributed by atoms with Crippen molar-refractivity contribution in [2.75, 3.05) is 28.2 Å². The Labute approximate surface area is 284 Å². The number of rotatable bonds is 5. The van der Waals surface area contributed by atoms with Gasteiger partial charge in [0.2, 0.25) is 0 Å². The van der Waals surface area contributed by atoms with E-state index in [2.05, 4.69) is 32.0 Å². The van der Waals surface area contributed by atoms with Crippen LogP contribution in [-0.2, 0) is 19.2 Å². The molecule has 0 atom stereocenters. The lowest BCUT2D eigenvalue weighted by Crippen LogP contribution is -2.52. The minimum atomic E-state index is -0.673. The summed E-state index contributed by atoms with van der Waals surface area (Å²) in [4.78, 5) is 82.6. The molecule has 0 aliphatic carbocycles. The summed E-state index contributed by atoms with van der Waals surface area (Å²) in [5, 5.41) is 0. The smallest absolute Gasteiger partial charge is 0.268 e. The fourth-order valence-corrected chi connectivity index (χ4v) is 7.94. The van der Waals surface area contributed by atoms with Crippen molar-refractivity contribution in [3.05, 3.63) is 93.4 Å². The third-order valence-corrected chi connectivity index (χ3v) is 10.8. The molecule has 0 saturated carbocycles. The van der Waals surface area contributed by atoms with E-state index in [-0.39, 0.29) is 11.1 Å². The lowest BCUT2D eigenvalue weighted by molar-refractivity contribution is -0.135. The number of urea groups is 2. The summed E-state index contributed by atoms with van der Waals surface area (Å²) in [7, 11) is 5.38. The maximum Gasteiger partial charge on any atom is 0.333 e. The SMILES string of the molecule is Cc1cccc(C)c1-c1cc(-c2ccc(C=C3C(=O)N(C)C(=O)N(C)C3=O)cc2)sc1-c1ccc(C=C2C(=O)N(C)C(=O)N(C)C2=O)s1. The van der Waals surface area contributed by atoms with Crippen LogP contribution in [0, 0.1) is 13.8 Å². The van der Waals surface area contributed by atoms with Crippen LogP contribution in [0.2, 0.25) is 0 Å². The number of barbiturate groups is 2. The van der Waals surface area contributed by atoms with E-state index in [0.717, 1.165) is 62.0 Å². The number of nitrogens with zero attached hydrogens (tertiary/aromatic N) is 4. The van der Waals surface area contributed by atoms with Gasteiger partial charge in [-0.1, -0.05) is 42.5 Å². The third kappa shape index (κ3) is 5.48. The molecule has 2 aliphatic rings. The van der Waals surface area contributed by atoms with Crippen molar-refractivity contribution in [1.82, 2.24) is 19.6 Å². The van der Waals surface area contributed by atoms with Gasteiger partial charge in [0, 0.05) is 48.4 Å². The van der Waals surface area contributed by atoms with Crippen LogP contribution < -0.4 is 0 Å². The van der Waals surface area contributed by atoms with E-state index < -0.39 is 35.7 Å². The Balaban J connectivity index is 1.39. The Bertz CT molecular complexity index is 2070. The van der Waals surface area contributed by atoms with Crippen molar-refractivity contribution in [2.24, 2.45) is 0 Å². The summed E-state index contributed by atoms with van der Waals surface area (Å²) in [6.07, 6.45) is 3.02. The molecule has 2 aliphatic heterocycles. The molecule has 6 rings (SSSR count). The van der Waals surface area contributed by atoms with Gasteiger partial charge in [-0.3, -0.25) is 38.8 Å². The molecule has 4 heterocycles. The van der Waals surface area contributed by atoms with Crippen LogP contribution in [0.1, 0.15) is 21.6 Å². The molecule has 10 nitrogen and oxygen atoms in total. The highest BCUT2D eigenvalue weighted by Crippen LogP contribution is 2.47. The van der Waals surface area contributed by atoms with E-state index in [0.29, 0.717) is 10.4 Å². The van der Waals surface area contributed by atoms with E-state index in [1.807, 2.05) is 42.5 Å². The minimum absolute atomic E-state index is 0.0774. The summed E-state index contributed by atoms with van der Waals surface area (Å²) in [6, 6.07) is 18.3. The molecule has 2 fully saturated rings. The molecule has 48 heavy (non-hydrogen) atoms. The Kier molecular flexibility index (Phi) is 8.31. The van der Waals surface area contributed by atoms with Gasteiger partial charge >= 0.3 is 12.1 Å². The minimum Gasteiger partial charge on any atom is -0.268 e. The standard InChI is InChI=1S/C36H30N4O6S2/c1-19-8-7-9-20(2)29(19)24-18-28(22-12-10-21(11-13-22)16-25-31(41)37(3)35(45)38(4)32(25)42)48-30(24)27-15-14-23(47-27)17-26-33(43)39(5)36(46)40(6)34(26)44/h7-18H,1-6H3. The van der Waals surface area contributed by atoms with Crippen LogP contribution in [0.3, 0.4) is 0 Å². The molecule has 0 radical (unpaired) electrons. The first-order valence-electron chi connectivity index (χ1n) is 14.8. The number of amides is 8. The number of hydrogen-bond acceptors (Lipinski definition) is 8. The van der Waals surface area contributed by atoms with Crippen LogP contribution in [0.15, 0.2) is 71.8 Å². The quantitative estimate of drug-likeness (QED) is 0.181. The Morgan fingerprint density at radius 1 is 0.562 bits per heavy atom. The second kappa shape index (κ2) is 12.3. The number of imide groups is 4. The summed E-state index contributed by atoms with van der Waals surface area (Å²) in [5.41, 5.74) is 5.79. The average Bonchev–Trinajstić information content (AvgIpc) is 3.73. The summed E-state index contributed by atoms with van der Waals surface area (Å²) >= 11 is 3.05. The molecule has 4 aromatic rings. The number of hydrogen-bond donors (Lipinski definition) is 0. The normalized spacial score (nSPS) is 15.7. The number of aryl methyl sites for hydroxylation is 2. The fourth-order valence-electron chi connectivity index (χ4n) is 5.70. The van der Waals surface area contributed by atoms with Gasteiger partial charge in [-0.05, 0) is 72.0 Å². The fraction of sp³-hybridized carbons (Fsp3) is 0.167. The predicted molar refractivity (Wildman–Crippen MR) is 186 cm³/mol. The highest BCUT2D eigenvalue weighted by Gasteiger charge is 2.39. The number of likely N-dealkylation sites (N-methyl/N-ethyl adjacent to an activating group) is 4. The molecular formula is C36H30N4O6S2. The van der Waals surface area contributed by atoms with Gasteiger partial charge in [0.15, 0.2) is 0 Å². The number of carbonyl (C=O) groups excluding carboxylic acids is 6. The summed E-state index contributed by atoms with van der Waals surface area (Å²) in [6.45, 7) is 4.14. The van der Waals surface area contributed by atoms with E-state index in [4.69, 9.17) is 0 Å². The molecule has 12 heteroatoms. The van der Waals surface area contributed by atoms with Crippen LogP contribution >= 0.6 is 22.7 Å². The lowest BCUT2D eigenvalue weighted by Gasteiger charge is -2.28. The van der Waals surface area contributed by atoms with Crippen molar-refractivity contribution < 1.29 is 28.8 Å². The van der Waals surface area contributed by atoms with Gasteiger partial charge in [0.1, 0.15) is 11.1 Å². The van der Waals surface area contributed by atoms with Crippen molar-refractivity contribution in [3.8, 4) is 31.3 Å². The largest absolute Gasteiger partial charge is 0.333 e. The van der Waals surface area contributed by atoms with Gasteiger partial charge < -0.3 is 0 Å². The Morgan fingerprint density at radius 2 is 1.06 bits per heavy atom. The molecule has 2 aromatic carbocycles. The van der Waals surface area contributed by atoms with Gasteiger partial charge in [0.05, 0.1) is 4.88 Å². The van der Waals surface area contributed by atoms with Gasteiger partial charge in [-0.15, -0.1) is 22.7 Å². The molecule has 0 N–H and O–H groups in total. The van der Waals surface area contributed by atoms with E-state index in [1.54, 1.807) is 11.3 Å². The molecule has 0 bridgehead atoms. The van der Waals surface area contributed by atoms with Crippen molar-refractivity contribution in [1.29, 1.82) is 0 Å². The van der Waals surface area contributed by atoms with Gasteiger partial charge in [-0.25, -0.2) is 9.59 Å². The van der Waals surface area contributed by atoms with Gasteiger partial charge in [-0.2, -0.15) is 0 Å². The topological polar surface area (TPSA) is 115 Å². The number of benzene rings is 2. The van der Waals surface area contributed by atoms with E-state index >= 15 is 0 Å². The first-order chi connectivity index (χ1) is 22.8. The molecule has 2 saturated heterocycles.